The van der Waals surface area contributed by atoms with Crippen LogP contribution in [0.3, 0.4) is 0 Å². The SMILES string of the molecule is O=C(c1ccc[nH]1)N1CCc2onc(COCC3CC3)c2C1. The molecule has 1 aliphatic heterocycles. The maximum Gasteiger partial charge on any atom is 0.270 e. The summed E-state index contributed by atoms with van der Waals surface area (Å²) in [6, 6.07) is 3.63. The van der Waals surface area contributed by atoms with Gasteiger partial charge in [0.2, 0.25) is 0 Å². The third-order valence-corrected chi connectivity index (χ3v) is 4.31. The van der Waals surface area contributed by atoms with Crippen LogP contribution in [0.1, 0.15) is 40.3 Å². The van der Waals surface area contributed by atoms with E-state index in [2.05, 4.69) is 10.1 Å². The van der Waals surface area contributed by atoms with Gasteiger partial charge in [0, 0.05) is 31.3 Å². The number of aromatic nitrogens is 2. The highest BCUT2D eigenvalue weighted by molar-refractivity contribution is 5.92. The van der Waals surface area contributed by atoms with E-state index in [9.17, 15) is 4.79 Å². The van der Waals surface area contributed by atoms with Crippen molar-refractivity contribution < 1.29 is 14.1 Å². The third kappa shape index (κ3) is 2.66. The monoisotopic (exact) mass is 301 g/mol. The van der Waals surface area contributed by atoms with Crippen molar-refractivity contribution in [2.75, 3.05) is 13.2 Å². The predicted octanol–water partition coefficient (Wildman–Crippen LogP) is 2.13. The van der Waals surface area contributed by atoms with Gasteiger partial charge in [0.25, 0.3) is 5.91 Å². The Hall–Kier alpha value is -2.08. The van der Waals surface area contributed by atoms with Crippen LogP contribution in [0, 0.1) is 5.92 Å². The molecule has 2 aromatic rings. The van der Waals surface area contributed by atoms with E-state index in [1.165, 1.54) is 12.8 Å². The summed E-state index contributed by atoms with van der Waals surface area (Å²) < 4.78 is 11.1. The molecule has 1 amide bonds. The number of H-pyrrole nitrogens is 1. The first-order valence-electron chi connectivity index (χ1n) is 7.78. The van der Waals surface area contributed by atoms with Crippen molar-refractivity contribution in [3.8, 4) is 0 Å². The average molecular weight is 301 g/mol. The number of carbonyl (C=O) groups excluding carboxylic acids is 1. The minimum Gasteiger partial charge on any atom is -0.375 e. The zero-order valence-electron chi connectivity index (χ0n) is 12.4. The van der Waals surface area contributed by atoms with Crippen molar-refractivity contribution >= 4 is 5.91 Å². The van der Waals surface area contributed by atoms with Crippen molar-refractivity contribution in [2.45, 2.75) is 32.4 Å². The van der Waals surface area contributed by atoms with Gasteiger partial charge in [-0.25, -0.2) is 0 Å². The lowest BCUT2D eigenvalue weighted by Crippen LogP contribution is -2.36. The molecule has 4 rings (SSSR count). The van der Waals surface area contributed by atoms with Gasteiger partial charge in [0.1, 0.15) is 17.1 Å². The van der Waals surface area contributed by atoms with Crippen LogP contribution in [0.4, 0.5) is 0 Å². The molecular weight excluding hydrogens is 282 g/mol. The Morgan fingerprint density at radius 2 is 2.41 bits per heavy atom. The largest absolute Gasteiger partial charge is 0.375 e. The van der Waals surface area contributed by atoms with E-state index >= 15 is 0 Å². The fraction of sp³-hybridized carbons (Fsp3) is 0.500. The zero-order chi connectivity index (χ0) is 14.9. The molecule has 1 fully saturated rings. The summed E-state index contributed by atoms with van der Waals surface area (Å²) in [7, 11) is 0. The van der Waals surface area contributed by atoms with Crippen molar-refractivity contribution in [1.29, 1.82) is 0 Å². The molecule has 0 atom stereocenters. The van der Waals surface area contributed by atoms with Crippen LogP contribution in [0.2, 0.25) is 0 Å². The van der Waals surface area contributed by atoms with E-state index < -0.39 is 0 Å². The molecule has 0 bridgehead atoms. The number of amides is 1. The summed E-state index contributed by atoms with van der Waals surface area (Å²) >= 11 is 0. The Bertz CT molecular complexity index is 658. The first-order chi connectivity index (χ1) is 10.8. The molecule has 6 heteroatoms. The Kier molecular flexibility index (Phi) is 3.46. The minimum absolute atomic E-state index is 0.0155. The molecule has 0 radical (unpaired) electrons. The highest BCUT2D eigenvalue weighted by atomic mass is 16.5. The van der Waals surface area contributed by atoms with Crippen LogP contribution in [0.15, 0.2) is 22.9 Å². The number of aromatic amines is 1. The van der Waals surface area contributed by atoms with Crippen molar-refractivity contribution in [3.05, 3.63) is 41.0 Å². The summed E-state index contributed by atoms with van der Waals surface area (Å²) in [5.74, 6) is 1.64. The number of fused-ring (bicyclic) bond motifs is 1. The molecule has 2 aliphatic rings. The van der Waals surface area contributed by atoms with Crippen LogP contribution in [-0.2, 0) is 24.3 Å². The second kappa shape index (κ2) is 5.61. The van der Waals surface area contributed by atoms with Gasteiger partial charge in [-0.05, 0) is 30.9 Å². The molecule has 22 heavy (non-hydrogen) atoms. The van der Waals surface area contributed by atoms with Gasteiger partial charge < -0.3 is 19.1 Å². The fourth-order valence-corrected chi connectivity index (χ4v) is 2.79. The van der Waals surface area contributed by atoms with E-state index in [1.807, 2.05) is 11.0 Å². The number of nitrogens with one attached hydrogen (secondary N) is 1. The molecule has 116 valence electrons. The number of carbonyl (C=O) groups is 1. The molecule has 1 saturated carbocycles. The topological polar surface area (TPSA) is 71.4 Å². The van der Waals surface area contributed by atoms with E-state index in [0.29, 0.717) is 31.8 Å². The van der Waals surface area contributed by atoms with E-state index in [1.54, 1.807) is 12.3 Å². The lowest BCUT2D eigenvalue weighted by molar-refractivity contribution is 0.0720. The second-order valence-corrected chi connectivity index (χ2v) is 6.05. The Morgan fingerprint density at radius 3 is 3.18 bits per heavy atom. The molecule has 1 aliphatic carbocycles. The number of hydrogen-bond donors (Lipinski definition) is 1. The minimum atomic E-state index is 0.0155. The summed E-state index contributed by atoms with van der Waals surface area (Å²) in [5, 5.41) is 4.13. The summed E-state index contributed by atoms with van der Waals surface area (Å²) in [6.07, 6.45) is 5.02. The van der Waals surface area contributed by atoms with Gasteiger partial charge in [-0.3, -0.25) is 4.79 Å². The van der Waals surface area contributed by atoms with E-state index in [-0.39, 0.29) is 5.91 Å². The first-order valence-corrected chi connectivity index (χ1v) is 7.78. The molecule has 0 spiro atoms. The highest BCUT2D eigenvalue weighted by Crippen LogP contribution is 2.30. The standard InChI is InChI=1S/C16H19N3O3/c20-16(13-2-1-6-17-13)19-7-5-15-12(8-19)14(18-22-15)10-21-9-11-3-4-11/h1-2,6,11,17H,3-5,7-10H2. The molecule has 6 nitrogen and oxygen atoms in total. The second-order valence-electron chi connectivity index (χ2n) is 6.05. The zero-order valence-corrected chi connectivity index (χ0v) is 12.4. The van der Waals surface area contributed by atoms with Crippen LogP contribution >= 0.6 is 0 Å². The summed E-state index contributed by atoms with van der Waals surface area (Å²) in [4.78, 5) is 17.2. The number of ether oxygens (including phenoxy) is 1. The number of nitrogens with zero attached hydrogens (tertiary/aromatic N) is 2. The molecule has 1 N–H and O–H groups in total. The van der Waals surface area contributed by atoms with Crippen molar-refractivity contribution in [3.63, 3.8) is 0 Å². The molecule has 3 heterocycles. The number of rotatable bonds is 5. The molecule has 0 unspecified atom stereocenters. The Labute approximate surface area is 128 Å². The average Bonchev–Trinajstić information content (AvgIpc) is 3.05. The first kappa shape index (κ1) is 13.6. The third-order valence-electron chi connectivity index (χ3n) is 4.31. The Balaban J connectivity index is 1.44. The van der Waals surface area contributed by atoms with Crippen LogP contribution < -0.4 is 0 Å². The lowest BCUT2D eigenvalue weighted by Gasteiger charge is -2.25. The summed E-state index contributed by atoms with van der Waals surface area (Å²) in [5.41, 5.74) is 2.47. The van der Waals surface area contributed by atoms with Gasteiger partial charge in [0.05, 0.1) is 13.2 Å². The molecule has 0 saturated heterocycles. The van der Waals surface area contributed by atoms with Crippen LogP contribution in [-0.4, -0.2) is 34.1 Å². The maximum absolute atomic E-state index is 12.4. The van der Waals surface area contributed by atoms with Crippen molar-refractivity contribution in [2.24, 2.45) is 5.92 Å². The van der Waals surface area contributed by atoms with Gasteiger partial charge >= 0.3 is 0 Å². The van der Waals surface area contributed by atoms with Crippen molar-refractivity contribution in [1.82, 2.24) is 15.0 Å². The fourth-order valence-electron chi connectivity index (χ4n) is 2.79. The van der Waals surface area contributed by atoms with Crippen LogP contribution in [0.25, 0.3) is 0 Å². The molecule has 0 aromatic carbocycles. The van der Waals surface area contributed by atoms with Gasteiger partial charge in [-0.1, -0.05) is 5.16 Å². The van der Waals surface area contributed by atoms with Gasteiger partial charge in [0.15, 0.2) is 0 Å². The van der Waals surface area contributed by atoms with E-state index in [0.717, 1.165) is 29.5 Å². The normalized spacial score (nSPS) is 17.5. The molecular formula is C16H19N3O3. The maximum atomic E-state index is 12.4. The van der Waals surface area contributed by atoms with Crippen LogP contribution in [0.5, 0.6) is 0 Å². The number of hydrogen-bond acceptors (Lipinski definition) is 4. The van der Waals surface area contributed by atoms with E-state index in [4.69, 9.17) is 9.26 Å². The lowest BCUT2D eigenvalue weighted by atomic mass is 10.1. The summed E-state index contributed by atoms with van der Waals surface area (Å²) in [6.45, 7) is 2.47. The van der Waals surface area contributed by atoms with Gasteiger partial charge in [-0.15, -0.1) is 0 Å². The highest BCUT2D eigenvalue weighted by Gasteiger charge is 2.28. The quantitative estimate of drug-likeness (QED) is 0.918. The Morgan fingerprint density at radius 1 is 1.50 bits per heavy atom. The predicted molar refractivity (Wildman–Crippen MR) is 78.1 cm³/mol. The van der Waals surface area contributed by atoms with Gasteiger partial charge in [-0.2, -0.15) is 0 Å². The molecule has 2 aromatic heterocycles. The smallest absolute Gasteiger partial charge is 0.270 e.